The number of aromatic nitrogens is 1. The number of hydrogen-bond donors (Lipinski definition) is 2. The highest BCUT2D eigenvalue weighted by Crippen LogP contribution is 2.23. The summed E-state index contributed by atoms with van der Waals surface area (Å²) in [4.78, 5) is 4.40. The summed E-state index contributed by atoms with van der Waals surface area (Å²) in [5.41, 5.74) is 2.67. The molecule has 0 bridgehead atoms. The van der Waals surface area contributed by atoms with E-state index in [9.17, 15) is 8.42 Å². The fourth-order valence-electron chi connectivity index (χ4n) is 2.62. The van der Waals surface area contributed by atoms with Crippen LogP contribution in [0.1, 0.15) is 25.3 Å². The Kier molecular flexibility index (Phi) is 5.84. The van der Waals surface area contributed by atoms with Gasteiger partial charge in [-0.05, 0) is 47.9 Å². The number of benzene rings is 2. The zero-order valence-corrected chi connectivity index (χ0v) is 16.8. The number of anilines is 3. The van der Waals surface area contributed by atoms with E-state index in [1.54, 1.807) is 37.6 Å². The van der Waals surface area contributed by atoms with Crippen LogP contribution in [0.25, 0.3) is 0 Å². The van der Waals surface area contributed by atoms with Crippen molar-refractivity contribution in [1.82, 2.24) is 4.98 Å². The van der Waals surface area contributed by atoms with Crippen LogP contribution in [0.3, 0.4) is 0 Å². The van der Waals surface area contributed by atoms with E-state index < -0.39 is 10.0 Å². The summed E-state index contributed by atoms with van der Waals surface area (Å²) in [6, 6.07) is 17.7. The summed E-state index contributed by atoms with van der Waals surface area (Å²) >= 11 is 0. The van der Waals surface area contributed by atoms with E-state index in [0.29, 0.717) is 5.92 Å². The molecule has 0 atom stereocenters. The lowest BCUT2D eigenvalue weighted by Gasteiger charge is -2.11. The monoisotopic (exact) mass is 397 g/mol. The summed E-state index contributed by atoms with van der Waals surface area (Å²) in [7, 11) is -2.08. The van der Waals surface area contributed by atoms with Gasteiger partial charge in [0.2, 0.25) is 0 Å². The number of nitrogens with one attached hydrogen (secondary N) is 2. The molecule has 146 valence electrons. The Morgan fingerprint density at radius 1 is 0.964 bits per heavy atom. The topological polar surface area (TPSA) is 80.3 Å². The van der Waals surface area contributed by atoms with Crippen LogP contribution in [-0.4, -0.2) is 20.5 Å². The van der Waals surface area contributed by atoms with E-state index in [2.05, 4.69) is 28.9 Å². The molecule has 0 saturated carbocycles. The van der Waals surface area contributed by atoms with Gasteiger partial charge in [-0.25, -0.2) is 13.4 Å². The summed E-state index contributed by atoms with van der Waals surface area (Å²) < 4.78 is 32.8. The standard InChI is InChI=1S/C21H23N3O3S/c1-15(2)16-7-10-20(11-8-16)28(25,26)24-21-12-9-18(14-22-21)23-17-5-4-6-19(13-17)27-3/h4-15,23H,1-3H3,(H,22,24). The Labute approximate surface area is 165 Å². The highest BCUT2D eigenvalue weighted by molar-refractivity contribution is 7.92. The summed E-state index contributed by atoms with van der Waals surface area (Å²) in [6.45, 7) is 4.12. The first-order valence-corrected chi connectivity index (χ1v) is 10.4. The van der Waals surface area contributed by atoms with E-state index in [-0.39, 0.29) is 10.7 Å². The summed E-state index contributed by atoms with van der Waals surface area (Å²) in [5.74, 6) is 1.34. The molecule has 6 nitrogen and oxygen atoms in total. The number of nitrogens with zero attached hydrogens (tertiary/aromatic N) is 1. The molecule has 1 heterocycles. The molecule has 0 spiro atoms. The maximum Gasteiger partial charge on any atom is 0.263 e. The van der Waals surface area contributed by atoms with Gasteiger partial charge in [0.1, 0.15) is 11.6 Å². The molecule has 3 aromatic rings. The molecule has 7 heteroatoms. The molecule has 0 aliphatic carbocycles. The lowest BCUT2D eigenvalue weighted by atomic mass is 10.0. The van der Waals surface area contributed by atoms with Gasteiger partial charge in [-0.3, -0.25) is 4.72 Å². The minimum atomic E-state index is -3.69. The molecule has 28 heavy (non-hydrogen) atoms. The van der Waals surface area contributed by atoms with Gasteiger partial charge in [0.05, 0.1) is 23.9 Å². The van der Waals surface area contributed by atoms with Crippen LogP contribution in [0.5, 0.6) is 5.75 Å². The van der Waals surface area contributed by atoms with Crippen LogP contribution in [0.4, 0.5) is 17.2 Å². The van der Waals surface area contributed by atoms with Crippen molar-refractivity contribution in [2.45, 2.75) is 24.7 Å². The number of pyridine rings is 1. The van der Waals surface area contributed by atoms with Gasteiger partial charge in [-0.1, -0.05) is 32.0 Å². The highest BCUT2D eigenvalue weighted by atomic mass is 32.2. The number of sulfonamides is 1. The second-order valence-corrected chi connectivity index (χ2v) is 8.30. The summed E-state index contributed by atoms with van der Waals surface area (Å²) in [6.07, 6.45) is 1.57. The van der Waals surface area contributed by atoms with Crippen LogP contribution >= 0.6 is 0 Å². The second kappa shape index (κ2) is 8.31. The first-order chi connectivity index (χ1) is 13.4. The Hall–Kier alpha value is -3.06. The Bertz CT molecular complexity index is 1030. The first kappa shape index (κ1) is 19.7. The molecule has 2 aromatic carbocycles. The van der Waals surface area contributed by atoms with Crippen molar-refractivity contribution in [3.05, 3.63) is 72.4 Å². The lowest BCUT2D eigenvalue weighted by Crippen LogP contribution is -2.14. The lowest BCUT2D eigenvalue weighted by molar-refractivity contribution is 0.415. The van der Waals surface area contributed by atoms with E-state index in [1.807, 2.05) is 36.4 Å². The fraction of sp³-hybridized carbons (Fsp3) is 0.190. The molecule has 0 aliphatic rings. The van der Waals surface area contributed by atoms with Crippen molar-refractivity contribution in [3.63, 3.8) is 0 Å². The number of hydrogen-bond acceptors (Lipinski definition) is 5. The van der Waals surface area contributed by atoms with E-state index in [1.165, 1.54) is 0 Å². The molecule has 0 unspecified atom stereocenters. The van der Waals surface area contributed by atoms with Crippen molar-refractivity contribution in [3.8, 4) is 5.75 Å². The molecule has 0 fully saturated rings. The number of rotatable bonds is 7. The van der Waals surface area contributed by atoms with Crippen LogP contribution in [-0.2, 0) is 10.0 Å². The van der Waals surface area contributed by atoms with Gasteiger partial charge in [-0.15, -0.1) is 0 Å². The van der Waals surface area contributed by atoms with Crippen molar-refractivity contribution in [2.75, 3.05) is 17.1 Å². The minimum Gasteiger partial charge on any atom is -0.497 e. The van der Waals surface area contributed by atoms with Crippen molar-refractivity contribution in [1.29, 1.82) is 0 Å². The molecule has 1 aromatic heterocycles. The third kappa shape index (κ3) is 4.80. The van der Waals surface area contributed by atoms with E-state index >= 15 is 0 Å². The molecule has 0 radical (unpaired) electrons. The molecule has 3 rings (SSSR count). The van der Waals surface area contributed by atoms with Crippen molar-refractivity contribution >= 4 is 27.2 Å². The van der Waals surface area contributed by atoms with Gasteiger partial charge in [0, 0.05) is 11.8 Å². The Morgan fingerprint density at radius 2 is 1.71 bits per heavy atom. The predicted octanol–water partition coefficient (Wildman–Crippen LogP) is 4.76. The molecule has 0 saturated heterocycles. The predicted molar refractivity (Wildman–Crippen MR) is 112 cm³/mol. The first-order valence-electron chi connectivity index (χ1n) is 8.87. The van der Waals surface area contributed by atoms with Crippen LogP contribution in [0, 0.1) is 0 Å². The van der Waals surface area contributed by atoms with Crippen molar-refractivity contribution < 1.29 is 13.2 Å². The SMILES string of the molecule is COc1cccc(Nc2ccc(NS(=O)(=O)c3ccc(C(C)C)cc3)nc2)c1. The molecule has 0 aliphatic heterocycles. The second-order valence-electron chi connectivity index (χ2n) is 6.62. The largest absolute Gasteiger partial charge is 0.497 e. The van der Waals surface area contributed by atoms with E-state index in [4.69, 9.17) is 4.74 Å². The van der Waals surface area contributed by atoms with Gasteiger partial charge in [0.25, 0.3) is 10.0 Å². The van der Waals surface area contributed by atoms with Crippen molar-refractivity contribution in [2.24, 2.45) is 0 Å². The third-order valence-electron chi connectivity index (χ3n) is 4.22. The number of methoxy groups -OCH3 is 1. The zero-order chi connectivity index (χ0) is 20.1. The quantitative estimate of drug-likeness (QED) is 0.601. The van der Waals surface area contributed by atoms with Gasteiger partial charge in [0.15, 0.2) is 0 Å². The average molecular weight is 398 g/mol. The highest BCUT2D eigenvalue weighted by Gasteiger charge is 2.15. The fourth-order valence-corrected chi connectivity index (χ4v) is 3.63. The Morgan fingerprint density at radius 3 is 2.32 bits per heavy atom. The molecule has 2 N–H and O–H groups in total. The third-order valence-corrected chi connectivity index (χ3v) is 5.59. The van der Waals surface area contributed by atoms with Gasteiger partial charge >= 0.3 is 0 Å². The van der Waals surface area contributed by atoms with Gasteiger partial charge < -0.3 is 10.1 Å². The van der Waals surface area contributed by atoms with Crippen LogP contribution in [0.2, 0.25) is 0 Å². The maximum absolute atomic E-state index is 12.5. The average Bonchev–Trinajstić information content (AvgIpc) is 2.69. The van der Waals surface area contributed by atoms with Crippen LogP contribution < -0.4 is 14.8 Å². The molecular formula is C21H23N3O3S. The van der Waals surface area contributed by atoms with Crippen LogP contribution in [0.15, 0.2) is 71.8 Å². The Balaban J connectivity index is 1.70. The smallest absolute Gasteiger partial charge is 0.263 e. The summed E-state index contributed by atoms with van der Waals surface area (Å²) in [5, 5.41) is 3.20. The minimum absolute atomic E-state index is 0.206. The molecule has 0 amide bonds. The zero-order valence-electron chi connectivity index (χ0n) is 16.0. The normalized spacial score (nSPS) is 11.3. The maximum atomic E-state index is 12.5. The molecular weight excluding hydrogens is 374 g/mol. The van der Waals surface area contributed by atoms with Gasteiger partial charge in [-0.2, -0.15) is 0 Å². The van der Waals surface area contributed by atoms with E-state index in [0.717, 1.165) is 22.7 Å². The number of ether oxygens (including phenoxy) is 1.